The molecule has 0 amide bonds. The minimum Gasteiger partial charge on any atom is -0.481 e. The number of Topliss-reactive ketones (excluding diaryl/α,β-unsaturated/α-hetero) is 1. The number of aliphatic hydroxyl groups excluding tert-OH is 1. The highest BCUT2D eigenvalue weighted by atomic mass is 16.4. The third-order valence-electron chi connectivity index (χ3n) is 5.37. The van der Waals surface area contributed by atoms with Crippen LogP contribution in [0.3, 0.4) is 0 Å². The van der Waals surface area contributed by atoms with E-state index in [-0.39, 0.29) is 12.4 Å². The molecular weight excluding hydrogens is 304 g/mol. The highest BCUT2D eigenvalue weighted by molar-refractivity contribution is 6.04. The smallest absolute Gasteiger partial charge is 0.313 e. The lowest BCUT2D eigenvalue weighted by molar-refractivity contribution is -0.148. The summed E-state index contributed by atoms with van der Waals surface area (Å²) in [5, 5.41) is 18.9. The highest BCUT2D eigenvalue weighted by Crippen LogP contribution is 2.44. The molecule has 1 rings (SSSR count). The molecule has 0 aromatic heterocycles. The van der Waals surface area contributed by atoms with Gasteiger partial charge in [0, 0.05) is 5.41 Å². The first-order valence-corrected chi connectivity index (χ1v) is 8.28. The van der Waals surface area contributed by atoms with E-state index in [9.17, 15) is 19.8 Å². The van der Waals surface area contributed by atoms with E-state index < -0.39 is 28.1 Å². The Hall–Kier alpha value is -1.68. The SMILES string of the molecule is CC(C(=O)O)C(=O)C(C)(c1cccc(C(C)(C)CO)c1)C(C)(C)C. The zero-order valence-corrected chi connectivity index (χ0v) is 15.8. The third-order valence-corrected chi connectivity index (χ3v) is 5.37. The Kier molecular flexibility index (Phi) is 5.66. The number of aliphatic hydroxyl groups is 1. The zero-order chi connectivity index (χ0) is 18.9. The summed E-state index contributed by atoms with van der Waals surface area (Å²) in [4.78, 5) is 24.4. The first-order chi connectivity index (χ1) is 10.8. The van der Waals surface area contributed by atoms with E-state index in [1.54, 1.807) is 0 Å². The normalized spacial score (nSPS) is 16.3. The number of carboxylic acid groups (broad SMARTS) is 1. The van der Waals surface area contributed by atoms with Crippen molar-refractivity contribution >= 4 is 11.8 Å². The molecule has 0 radical (unpaired) electrons. The Bertz CT molecular complexity index is 625. The van der Waals surface area contributed by atoms with Crippen LogP contribution in [-0.2, 0) is 20.4 Å². The van der Waals surface area contributed by atoms with Gasteiger partial charge in [-0.05, 0) is 30.4 Å². The van der Waals surface area contributed by atoms with Crippen molar-refractivity contribution in [2.24, 2.45) is 11.3 Å². The predicted octanol–water partition coefficient (Wildman–Crippen LogP) is 3.55. The maximum absolute atomic E-state index is 13.1. The van der Waals surface area contributed by atoms with Crippen LogP contribution < -0.4 is 0 Å². The second-order valence-electron chi connectivity index (χ2n) is 8.42. The molecule has 2 atom stereocenters. The van der Waals surface area contributed by atoms with Crippen LogP contribution in [-0.4, -0.2) is 28.6 Å². The maximum atomic E-state index is 13.1. The molecule has 2 N–H and O–H groups in total. The van der Waals surface area contributed by atoms with Crippen LogP contribution in [0.1, 0.15) is 59.6 Å². The van der Waals surface area contributed by atoms with Crippen LogP contribution >= 0.6 is 0 Å². The Labute approximate surface area is 144 Å². The summed E-state index contributed by atoms with van der Waals surface area (Å²) in [5.41, 5.74) is -0.140. The Morgan fingerprint density at radius 2 is 1.54 bits per heavy atom. The highest BCUT2D eigenvalue weighted by Gasteiger charge is 2.48. The molecule has 2 unspecified atom stereocenters. The number of ketones is 1. The quantitative estimate of drug-likeness (QED) is 0.780. The zero-order valence-electron chi connectivity index (χ0n) is 15.8. The number of carbonyl (C=O) groups is 2. The lowest BCUT2D eigenvalue weighted by Crippen LogP contribution is -2.48. The van der Waals surface area contributed by atoms with Gasteiger partial charge < -0.3 is 10.2 Å². The van der Waals surface area contributed by atoms with Gasteiger partial charge in [0.1, 0.15) is 5.92 Å². The van der Waals surface area contributed by atoms with Crippen molar-refractivity contribution in [1.29, 1.82) is 0 Å². The fourth-order valence-corrected chi connectivity index (χ4v) is 2.83. The molecule has 0 aliphatic heterocycles. The molecule has 0 aliphatic rings. The Morgan fingerprint density at radius 3 is 1.96 bits per heavy atom. The second kappa shape index (κ2) is 6.67. The summed E-state index contributed by atoms with van der Waals surface area (Å²) in [6, 6.07) is 7.58. The molecule has 4 heteroatoms. The molecule has 0 spiro atoms. The van der Waals surface area contributed by atoms with Crippen molar-refractivity contribution in [1.82, 2.24) is 0 Å². The van der Waals surface area contributed by atoms with E-state index in [2.05, 4.69) is 0 Å². The molecule has 0 saturated heterocycles. The Balaban J connectivity index is 3.57. The molecular formula is C20H30O4. The van der Waals surface area contributed by atoms with Crippen LogP contribution in [0.15, 0.2) is 24.3 Å². The standard InChI is InChI=1S/C20H30O4/c1-13(17(23)24)16(22)20(7,18(2,3)4)15-10-8-9-14(11-15)19(5,6)12-21/h8-11,13,21H,12H2,1-7H3,(H,23,24). The number of benzene rings is 1. The van der Waals surface area contributed by atoms with E-state index in [4.69, 9.17) is 0 Å². The minimum absolute atomic E-state index is 0.0117. The van der Waals surface area contributed by atoms with Gasteiger partial charge in [0.15, 0.2) is 5.78 Å². The first-order valence-electron chi connectivity index (χ1n) is 8.28. The largest absolute Gasteiger partial charge is 0.481 e. The van der Waals surface area contributed by atoms with Gasteiger partial charge in [-0.1, -0.05) is 58.9 Å². The predicted molar refractivity (Wildman–Crippen MR) is 95.2 cm³/mol. The molecule has 0 saturated carbocycles. The van der Waals surface area contributed by atoms with Gasteiger partial charge in [0.05, 0.1) is 12.0 Å². The lowest BCUT2D eigenvalue weighted by Gasteiger charge is -2.42. The van der Waals surface area contributed by atoms with Gasteiger partial charge in [-0.15, -0.1) is 0 Å². The summed E-state index contributed by atoms with van der Waals surface area (Å²) >= 11 is 0. The molecule has 1 aromatic carbocycles. The topological polar surface area (TPSA) is 74.6 Å². The van der Waals surface area contributed by atoms with Gasteiger partial charge in [-0.3, -0.25) is 9.59 Å². The molecule has 24 heavy (non-hydrogen) atoms. The van der Waals surface area contributed by atoms with Crippen molar-refractivity contribution in [3.05, 3.63) is 35.4 Å². The summed E-state index contributed by atoms with van der Waals surface area (Å²) in [5.74, 6) is -2.49. The number of rotatable bonds is 6. The number of carbonyl (C=O) groups excluding carboxylic acids is 1. The van der Waals surface area contributed by atoms with Crippen molar-refractivity contribution in [3.8, 4) is 0 Å². The van der Waals surface area contributed by atoms with E-state index in [0.717, 1.165) is 11.1 Å². The minimum atomic E-state index is -1.11. The van der Waals surface area contributed by atoms with Crippen LogP contribution in [0.5, 0.6) is 0 Å². The Morgan fingerprint density at radius 1 is 1.04 bits per heavy atom. The van der Waals surface area contributed by atoms with Gasteiger partial charge in [-0.2, -0.15) is 0 Å². The van der Waals surface area contributed by atoms with Gasteiger partial charge in [-0.25, -0.2) is 0 Å². The number of hydrogen-bond donors (Lipinski definition) is 2. The van der Waals surface area contributed by atoms with Crippen LogP contribution in [0, 0.1) is 11.3 Å². The van der Waals surface area contributed by atoms with Crippen LogP contribution in [0.25, 0.3) is 0 Å². The third kappa shape index (κ3) is 3.54. The van der Waals surface area contributed by atoms with E-state index in [1.807, 2.05) is 65.8 Å². The fourth-order valence-electron chi connectivity index (χ4n) is 2.83. The van der Waals surface area contributed by atoms with Crippen molar-refractivity contribution in [3.63, 3.8) is 0 Å². The van der Waals surface area contributed by atoms with E-state index in [1.165, 1.54) is 6.92 Å². The molecule has 0 bridgehead atoms. The van der Waals surface area contributed by atoms with E-state index >= 15 is 0 Å². The van der Waals surface area contributed by atoms with E-state index in [0.29, 0.717) is 0 Å². The number of carboxylic acids is 1. The van der Waals surface area contributed by atoms with Crippen LogP contribution in [0.2, 0.25) is 0 Å². The molecule has 4 nitrogen and oxygen atoms in total. The monoisotopic (exact) mass is 334 g/mol. The summed E-state index contributed by atoms with van der Waals surface area (Å²) in [6.07, 6.45) is 0. The molecule has 0 heterocycles. The van der Waals surface area contributed by atoms with Crippen molar-refractivity contribution in [2.75, 3.05) is 6.61 Å². The summed E-state index contributed by atoms with van der Waals surface area (Å²) in [7, 11) is 0. The molecule has 134 valence electrons. The summed E-state index contributed by atoms with van der Waals surface area (Å²) in [6.45, 7) is 13.0. The molecule has 0 aliphatic carbocycles. The average Bonchev–Trinajstić information content (AvgIpc) is 2.51. The number of aliphatic carboxylic acids is 1. The second-order valence-corrected chi connectivity index (χ2v) is 8.42. The van der Waals surface area contributed by atoms with Gasteiger partial charge in [0.2, 0.25) is 0 Å². The fraction of sp³-hybridized carbons (Fsp3) is 0.600. The maximum Gasteiger partial charge on any atom is 0.313 e. The van der Waals surface area contributed by atoms with Crippen molar-refractivity contribution < 1.29 is 19.8 Å². The molecule has 0 fully saturated rings. The van der Waals surface area contributed by atoms with Gasteiger partial charge in [0.25, 0.3) is 0 Å². The first kappa shape index (κ1) is 20.4. The number of hydrogen-bond acceptors (Lipinski definition) is 3. The van der Waals surface area contributed by atoms with Gasteiger partial charge >= 0.3 is 5.97 Å². The van der Waals surface area contributed by atoms with Crippen molar-refractivity contribution in [2.45, 2.75) is 59.3 Å². The molecule has 1 aromatic rings. The average molecular weight is 334 g/mol. The summed E-state index contributed by atoms with van der Waals surface area (Å²) < 4.78 is 0. The lowest BCUT2D eigenvalue weighted by atomic mass is 9.59. The van der Waals surface area contributed by atoms with Crippen LogP contribution in [0.4, 0.5) is 0 Å².